The summed E-state index contributed by atoms with van der Waals surface area (Å²) in [5.41, 5.74) is 0.581. The van der Waals surface area contributed by atoms with Gasteiger partial charge >= 0.3 is 0 Å². The highest BCUT2D eigenvalue weighted by Gasteiger charge is 2.19. The van der Waals surface area contributed by atoms with Crippen molar-refractivity contribution in [2.75, 3.05) is 0 Å². The smallest absolute Gasteiger partial charge is 0.126 e. The average Bonchev–Trinajstić information content (AvgIpc) is 2.06. The summed E-state index contributed by atoms with van der Waals surface area (Å²) in [5.74, 6) is -0.264. The number of halogens is 1. The molecule has 15 heavy (non-hydrogen) atoms. The maximum atomic E-state index is 13.3. The third-order valence-electron chi connectivity index (χ3n) is 2.11. The molecule has 0 radical (unpaired) electrons. The van der Waals surface area contributed by atoms with Crippen LogP contribution in [0.3, 0.4) is 0 Å². The van der Waals surface area contributed by atoms with E-state index in [4.69, 9.17) is 0 Å². The van der Waals surface area contributed by atoms with Crippen molar-refractivity contribution in [1.29, 1.82) is 0 Å². The van der Waals surface area contributed by atoms with Crippen molar-refractivity contribution in [2.45, 2.75) is 32.8 Å². The van der Waals surface area contributed by atoms with E-state index in [1.807, 2.05) is 13.8 Å². The van der Waals surface area contributed by atoms with E-state index in [1.165, 1.54) is 6.07 Å². The molecule has 0 fully saturated rings. The Morgan fingerprint density at radius 3 is 2.53 bits per heavy atom. The summed E-state index contributed by atoms with van der Waals surface area (Å²) >= 11 is 0. The molecular weight excluding hydrogens is 191 g/mol. The first-order valence-electron chi connectivity index (χ1n) is 5.02. The van der Waals surface area contributed by atoms with Gasteiger partial charge in [-0.1, -0.05) is 29.8 Å². The third-order valence-corrected chi connectivity index (χ3v) is 2.11. The predicted molar refractivity (Wildman–Crippen MR) is 60.2 cm³/mol. The van der Waals surface area contributed by atoms with E-state index in [1.54, 1.807) is 31.2 Å². The topological polar surface area (TPSA) is 20.2 Å². The molecule has 82 valence electrons. The number of hydrogen-bond donors (Lipinski definition) is 1. The lowest BCUT2D eigenvalue weighted by Gasteiger charge is -2.20. The van der Waals surface area contributed by atoms with Crippen LogP contribution in [0.4, 0.5) is 4.39 Å². The third kappa shape index (κ3) is 3.84. The Kier molecular flexibility index (Phi) is 3.64. The van der Waals surface area contributed by atoms with Gasteiger partial charge in [0.1, 0.15) is 5.82 Å². The largest absolute Gasteiger partial charge is 0.386 e. The molecule has 1 aromatic carbocycles. The Morgan fingerprint density at radius 1 is 1.40 bits per heavy atom. The van der Waals surface area contributed by atoms with Crippen LogP contribution in [0, 0.1) is 5.82 Å². The number of benzene rings is 1. The fraction of sp³-hybridized carbons (Fsp3) is 0.385. The summed E-state index contributed by atoms with van der Waals surface area (Å²) in [7, 11) is 0. The predicted octanol–water partition coefficient (Wildman–Crippen LogP) is 3.09. The molecule has 1 aromatic rings. The number of aliphatic hydroxyl groups is 1. The van der Waals surface area contributed by atoms with E-state index in [9.17, 15) is 9.50 Å². The van der Waals surface area contributed by atoms with Crippen LogP contribution in [-0.4, -0.2) is 10.7 Å². The van der Waals surface area contributed by atoms with Crippen LogP contribution >= 0.6 is 0 Å². The van der Waals surface area contributed by atoms with Crippen LogP contribution in [0.15, 0.2) is 35.9 Å². The van der Waals surface area contributed by atoms with Crippen LogP contribution in [0.2, 0.25) is 0 Å². The highest BCUT2D eigenvalue weighted by Crippen LogP contribution is 2.18. The highest BCUT2D eigenvalue weighted by molar-refractivity contribution is 5.21. The van der Waals surface area contributed by atoms with Crippen molar-refractivity contribution in [2.24, 2.45) is 0 Å². The molecule has 2 heteroatoms. The lowest BCUT2D eigenvalue weighted by Crippen LogP contribution is -2.25. The number of hydrogen-bond acceptors (Lipinski definition) is 1. The maximum absolute atomic E-state index is 13.3. The SMILES string of the molecule is CC(C)=CC(C)(O)Cc1ccccc1F. The first-order valence-corrected chi connectivity index (χ1v) is 5.02. The Hall–Kier alpha value is -1.15. The van der Waals surface area contributed by atoms with Gasteiger partial charge < -0.3 is 5.11 Å². The second-order valence-electron chi connectivity index (χ2n) is 4.35. The van der Waals surface area contributed by atoms with Crippen molar-refractivity contribution < 1.29 is 9.50 Å². The lowest BCUT2D eigenvalue weighted by atomic mass is 9.94. The van der Waals surface area contributed by atoms with Gasteiger partial charge in [-0.3, -0.25) is 0 Å². The monoisotopic (exact) mass is 208 g/mol. The van der Waals surface area contributed by atoms with E-state index < -0.39 is 5.60 Å². The molecule has 0 saturated heterocycles. The second-order valence-corrected chi connectivity index (χ2v) is 4.35. The zero-order chi connectivity index (χ0) is 11.5. The quantitative estimate of drug-likeness (QED) is 0.757. The fourth-order valence-corrected chi connectivity index (χ4v) is 1.70. The Labute approximate surface area is 90.3 Å². The molecule has 0 bridgehead atoms. The van der Waals surface area contributed by atoms with Gasteiger partial charge in [0.05, 0.1) is 5.60 Å². The van der Waals surface area contributed by atoms with Crippen LogP contribution < -0.4 is 0 Å². The average molecular weight is 208 g/mol. The molecule has 1 N–H and O–H groups in total. The first-order chi connectivity index (χ1) is 6.91. The number of allylic oxidation sites excluding steroid dienone is 1. The van der Waals surface area contributed by atoms with E-state index in [0.717, 1.165) is 5.57 Å². The van der Waals surface area contributed by atoms with Gasteiger partial charge in [-0.2, -0.15) is 0 Å². The van der Waals surface area contributed by atoms with E-state index in [2.05, 4.69) is 0 Å². The van der Waals surface area contributed by atoms with Crippen LogP contribution in [0.1, 0.15) is 26.3 Å². The van der Waals surface area contributed by atoms with Crippen LogP contribution in [0.5, 0.6) is 0 Å². The Bertz CT molecular complexity index is 363. The van der Waals surface area contributed by atoms with E-state index in [0.29, 0.717) is 12.0 Å². The molecule has 0 heterocycles. The highest BCUT2D eigenvalue weighted by atomic mass is 19.1. The minimum Gasteiger partial charge on any atom is -0.386 e. The zero-order valence-corrected chi connectivity index (χ0v) is 9.42. The molecule has 0 aliphatic carbocycles. The van der Waals surface area contributed by atoms with Gasteiger partial charge in [-0.05, 0) is 32.4 Å². The minimum absolute atomic E-state index is 0.264. The van der Waals surface area contributed by atoms with Gasteiger partial charge in [-0.15, -0.1) is 0 Å². The fourth-order valence-electron chi connectivity index (χ4n) is 1.70. The standard InChI is InChI=1S/C13H17FO/c1-10(2)8-13(3,15)9-11-6-4-5-7-12(11)14/h4-8,15H,9H2,1-3H3. The van der Waals surface area contributed by atoms with Crippen molar-refractivity contribution in [3.8, 4) is 0 Å². The molecule has 1 atom stereocenters. The molecule has 1 unspecified atom stereocenters. The van der Waals surface area contributed by atoms with Gasteiger partial charge in [0.25, 0.3) is 0 Å². The van der Waals surface area contributed by atoms with Gasteiger partial charge in [-0.25, -0.2) is 4.39 Å². The summed E-state index contributed by atoms with van der Waals surface area (Å²) < 4.78 is 13.3. The van der Waals surface area contributed by atoms with E-state index >= 15 is 0 Å². The maximum Gasteiger partial charge on any atom is 0.126 e. The van der Waals surface area contributed by atoms with Gasteiger partial charge in [0.15, 0.2) is 0 Å². The van der Waals surface area contributed by atoms with E-state index in [-0.39, 0.29) is 5.82 Å². The Balaban J connectivity index is 2.87. The molecule has 0 saturated carbocycles. The van der Waals surface area contributed by atoms with Crippen molar-refractivity contribution >= 4 is 0 Å². The molecule has 0 amide bonds. The van der Waals surface area contributed by atoms with Crippen molar-refractivity contribution in [1.82, 2.24) is 0 Å². The summed E-state index contributed by atoms with van der Waals surface area (Å²) in [6.07, 6.45) is 2.05. The summed E-state index contributed by atoms with van der Waals surface area (Å²) in [5, 5.41) is 10.0. The van der Waals surface area contributed by atoms with Gasteiger partial charge in [0, 0.05) is 6.42 Å². The second kappa shape index (κ2) is 4.58. The molecule has 1 nitrogen and oxygen atoms in total. The minimum atomic E-state index is -0.985. The molecule has 0 aliphatic rings. The van der Waals surface area contributed by atoms with Gasteiger partial charge in [0.2, 0.25) is 0 Å². The molecule has 0 spiro atoms. The molecule has 0 aliphatic heterocycles. The summed E-state index contributed by atoms with van der Waals surface area (Å²) in [4.78, 5) is 0. The van der Waals surface area contributed by atoms with Crippen LogP contribution in [-0.2, 0) is 6.42 Å². The normalized spacial score (nSPS) is 14.5. The van der Waals surface area contributed by atoms with Crippen LogP contribution in [0.25, 0.3) is 0 Å². The van der Waals surface area contributed by atoms with Crippen molar-refractivity contribution in [3.63, 3.8) is 0 Å². The lowest BCUT2D eigenvalue weighted by molar-refractivity contribution is 0.110. The molecule has 0 aromatic heterocycles. The summed E-state index contributed by atoms with van der Waals surface area (Å²) in [6.45, 7) is 5.51. The Morgan fingerprint density at radius 2 is 2.00 bits per heavy atom. The van der Waals surface area contributed by atoms with Crippen molar-refractivity contribution in [3.05, 3.63) is 47.3 Å². The zero-order valence-electron chi connectivity index (χ0n) is 9.42. The summed E-state index contributed by atoms with van der Waals surface area (Å²) in [6, 6.07) is 6.53. The molecular formula is C13H17FO. The first kappa shape index (κ1) is 11.9. The molecule has 1 rings (SSSR count). The number of rotatable bonds is 3.